The molecule has 1 aromatic heterocycles. The lowest BCUT2D eigenvalue weighted by molar-refractivity contribution is -0.131. The van der Waals surface area contributed by atoms with E-state index in [9.17, 15) is 9.59 Å². The lowest BCUT2D eigenvalue weighted by Gasteiger charge is -2.24. The monoisotopic (exact) mass is 393 g/mol. The molecule has 5 nitrogen and oxygen atoms in total. The van der Waals surface area contributed by atoms with Gasteiger partial charge in [0.25, 0.3) is 5.91 Å². The summed E-state index contributed by atoms with van der Waals surface area (Å²) >= 11 is 0. The second-order valence-corrected chi connectivity index (χ2v) is 8.84. The molecule has 5 heteroatoms. The molecule has 4 rings (SSSR count). The average molecular weight is 394 g/mol. The van der Waals surface area contributed by atoms with E-state index in [1.54, 1.807) is 19.0 Å². The number of pyridine rings is 1. The van der Waals surface area contributed by atoms with Gasteiger partial charge in [0, 0.05) is 50.6 Å². The molecule has 2 aromatic rings. The molecule has 2 heterocycles. The van der Waals surface area contributed by atoms with Gasteiger partial charge in [0.15, 0.2) is 0 Å². The van der Waals surface area contributed by atoms with Gasteiger partial charge in [-0.25, -0.2) is 0 Å². The van der Waals surface area contributed by atoms with Gasteiger partial charge in [0.05, 0.1) is 11.1 Å². The van der Waals surface area contributed by atoms with Crippen LogP contribution in [-0.4, -0.2) is 53.8 Å². The number of rotatable bonds is 4. The molecule has 1 aliphatic heterocycles. The predicted molar refractivity (Wildman–Crippen MR) is 115 cm³/mol. The van der Waals surface area contributed by atoms with E-state index in [1.807, 2.05) is 35.2 Å². The lowest BCUT2D eigenvalue weighted by atomic mass is 9.87. The summed E-state index contributed by atoms with van der Waals surface area (Å²) < 4.78 is 0. The van der Waals surface area contributed by atoms with Crippen LogP contribution in [0.5, 0.6) is 0 Å². The highest BCUT2D eigenvalue weighted by atomic mass is 16.2. The van der Waals surface area contributed by atoms with E-state index in [4.69, 9.17) is 4.98 Å². The maximum Gasteiger partial charge on any atom is 0.254 e. The van der Waals surface area contributed by atoms with Crippen LogP contribution in [0.25, 0.3) is 10.9 Å². The largest absolute Gasteiger partial charge is 0.345 e. The highest BCUT2D eigenvalue weighted by Gasteiger charge is 2.30. The van der Waals surface area contributed by atoms with Crippen LogP contribution in [0.15, 0.2) is 30.3 Å². The van der Waals surface area contributed by atoms with Crippen molar-refractivity contribution in [1.82, 2.24) is 14.8 Å². The maximum absolute atomic E-state index is 12.8. The number of nitrogens with zero attached hydrogens (tertiary/aromatic N) is 3. The second-order valence-electron chi connectivity index (χ2n) is 8.84. The Balaban J connectivity index is 1.53. The lowest BCUT2D eigenvalue weighted by Crippen LogP contribution is -2.30. The fourth-order valence-corrected chi connectivity index (χ4v) is 4.82. The van der Waals surface area contributed by atoms with Crippen molar-refractivity contribution in [1.29, 1.82) is 0 Å². The smallest absolute Gasteiger partial charge is 0.254 e. The molecule has 29 heavy (non-hydrogen) atoms. The second kappa shape index (κ2) is 8.52. The summed E-state index contributed by atoms with van der Waals surface area (Å²) in [6, 6.07) is 9.77. The zero-order valence-electron chi connectivity index (χ0n) is 17.6. The van der Waals surface area contributed by atoms with Crippen LogP contribution >= 0.6 is 0 Å². The number of para-hydroxylation sites is 1. The molecule has 0 spiro atoms. The summed E-state index contributed by atoms with van der Waals surface area (Å²) in [5.41, 5.74) is 2.48. The molecule has 0 radical (unpaired) electrons. The van der Waals surface area contributed by atoms with Crippen LogP contribution in [0.3, 0.4) is 0 Å². The van der Waals surface area contributed by atoms with Crippen molar-refractivity contribution in [2.45, 2.75) is 50.9 Å². The number of carbonyl (C=O) groups excluding carboxylic acids is 2. The SMILES string of the molecule is CN(C)C(=O)c1cc(C2CCN(C(=O)CC3CCCCC3)C2)nc2ccccc12. The number of fused-ring (bicyclic) bond motifs is 1. The standard InChI is InChI=1S/C24H31N3O2/c1-26(2)24(29)20-15-22(25-21-11-7-6-10-19(20)21)18-12-13-27(16-18)23(28)14-17-8-4-3-5-9-17/h6-7,10-11,15,17-18H,3-5,8-9,12-14,16H2,1-2H3. The van der Waals surface area contributed by atoms with Crippen molar-refractivity contribution in [3.63, 3.8) is 0 Å². The van der Waals surface area contributed by atoms with E-state index in [0.29, 0.717) is 30.4 Å². The van der Waals surface area contributed by atoms with Crippen molar-refractivity contribution < 1.29 is 9.59 Å². The molecule has 1 unspecified atom stereocenters. The van der Waals surface area contributed by atoms with Gasteiger partial charge < -0.3 is 9.80 Å². The molecular formula is C24H31N3O2. The van der Waals surface area contributed by atoms with Crippen molar-refractivity contribution in [2.24, 2.45) is 5.92 Å². The number of carbonyl (C=O) groups is 2. The number of likely N-dealkylation sites (tertiary alicyclic amines) is 1. The number of aromatic nitrogens is 1. The first-order chi connectivity index (χ1) is 14.0. The Morgan fingerprint density at radius 3 is 2.62 bits per heavy atom. The molecule has 2 amide bonds. The highest BCUT2D eigenvalue weighted by Crippen LogP contribution is 2.32. The van der Waals surface area contributed by atoms with Gasteiger partial charge in [-0.2, -0.15) is 0 Å². The minimum Gasteiger partial charge on any atom is -0.345 e. The minimum absolute atomic E-state index is 0.00641. The molecule has 2 fully saturated rings. The van der Waals surface area contributed by atoms with Crippen LogP contribution in [-0.2, 0) is 4.79 Å². The van der Waals surface area contributed by atoms with Gasteiger partial charge in [0.1, 0.15) is 0 Å². The van der Waals surface area contributed by atoms with E-state index in [1.165, 1.54) is 32.1 Å². The van der Waals surface area contributed by atoms with Crippen LogP contribution in [0.1, 0.15) is 66.9 Å². The molecule has 1 aliphatic carbocycles. The van der Waals surface area contributed by atoms with Crippen LogP contribution < -0.4 is 0 Å². The average Bonchev–Trinajstić information content (AvgIpc) is 3.23. The highest BCUT2D eigenvalue weighted by molar-refractivity contribution is 6.06. The first-order valence-corrected chi connectivity index (χ1v) is 10.9. The Morgan fingerprint density at radius 2 is 1.86 bits per heavy atom. The molecule has 0 N–H and O–H groups in total. The Kier molecular flexibility index (Phi) is 5.84. The van der Waals surface area contributed by atoms with Crippen LogP contribution in [0, 0.1) is 5.92 Å². The summed E-state index contributed by atoms with van der Waals surface area (Å²) in [6.45, 7) is 1.51. The Morgan fingerprint density at radius 1 is 1.10 bits per heavy atom. The number of hydrogen-bond donors (Lipinski definition) is 0. The van der Waals surface area contributed by atoms with Gasteiger partial charge in [-0.15, -0.1) is 0 Å². The number of benzene rings is 1. The third-order valence-corrected chi connectivity index (χ3v) is 6.52. The zero-order valence-corrected chi connectivity index (χ0v) is 17.6. The fourth-order valence-electron chi connectivity index (χ4n) is 4.82. The Bertz CT molecular complexity index is 902. The zero-order chi connectivity index (χ0) is 20.4. The van der Waals surface area contributed by atoms with Gasteiger partial charge >= 0.3 is 0 Å². The van der Waals surface area contributed by atoms with Gasteiger partial charge in [-0.3, -0.25) is 14.6 Å². The quantitative estimate of drug-likeness (QED) is 0.781. The van der Waals surface area contributed by atoms with Crippen molar-refractivity contribution >= 4 is 22.7 Å². The normalized spacial score (nSPS) is 20.2. The van der Waals surface area contributed by atoms with Crippen molar-refractivity contribution in [3.05, 3.63) is 41.6 Å². The summed E-state index contributed by atoms with van der Waals surface area (Å²) in [7, 11) is 3.55. The Hall–Kier alpha value is -2.43. The van der Waals surface area contributed by atoms with Crippen LogP contribution in [0.2, 0.25) is 0 Å². The molecular weight excluding hydrogens is 362 g/mol. The fraction of sp³-hybridized carbons (Fsp3) is 0.542. The van der Waals surface area contributed by atoms with E-state index >= 15 is 0 Å². The van der Waals surface area contributed by atoms with E-state index in [-0.39, 0.29) is 11.8 Å². The number of hydrogen-bond acceptors (Lipinski definition) is 3. The van der Waals surface area contributed by atoms with Gasteiger partial charge in [-0.05, 0) is 37.3 Å². The first kappa shape index (κ1) is 19.9. The van der Waals surface area contributed by atoms with Gasteiger partial charge in [-0.1, -0.05) is 37.5 Å². The van der Waals surface area contributed by atoms with E-state index in [0.717, 1.165) is 29.6 Å². The molecule has 1 atom stereocenters. The third-order valence-electron chi connectivity index (χ3n) is 6.52. The molecule has 0 bridgehead atoms. The summed E-state index contributed by atoms with van der Waals surface area (Å²) in [4.78, 5) is 34.1. The van der Waals surface area contributed by atoms with Gasteiger partial charge in [0.2, 0.25) is 5.91 Å². The summed E-state index contributed by atoms with van der Waals surface area (Å²) in [6.07, 6.45) is 7.86. The predicted octanol–water partition coefficient (Wildman–Crippen LogP) is 4.22. The summed E-state index contributed by atoms with van der Waals surface area (Å²) in [5.74, 6) is 1.06. The minimum atomic E-state index is -0.00641. The first-order valence-electron chi connectivity index (χ1n) is 10.9. The number of amides is 2. The maximum atomic E-state index is 12.8. The molecule has 2 aliphatic rings. The topological polar surface area (TPSA) is 53.5 Å². The van der Waals surface area contributed by atoms with E-state index < -0.39 is 0 Å². The molecule has 1 aromatic carbocycles. The molecule has 1 saturated heterocycles. The molecule has 1 saturated carbocycles. The Labute approximate surface area is 173 Å². The van der Waals surface area contributed by atoms with Crippen molar-refractivity contribution in [3.8, 4) is 0 Å². The van der Waals surface area contributed by atoms with Crippen LogP contribution in [0.4, 0.5) is 0 Å². The summed E-state index contributed by atoms with van der Waals surface area (Å²) in [5, 5.41) is 0.887. The van der Waals surface area contributed by atoms with E-state index in [2.05, 4.69) is 0 Å². The van der Waals surface area contributed by atoms with Crippen molar-refractivity contribution in [2.75, 3.05) is 27.2 Å². The molecule has 154 valence electrons. The third kappa shape index (κ3) is 4.29.